The van der Waals surface area contributed by atoms with Gasteiger partial charge in [-0.05, 0) is 18.6 Å². The highest BCUT2D eigenvalue weighted by atomic mass is 16.3. The molecule has 3 N–H and O–H groups in total. The van der Waals surface area contributed by atoms with E-state index in [1.165, 1.54) is 0 Å². The minimum atomic E-state index is -1.15. The fourth-order valence-corrected chi connectivity index (χ4v) is 2.59. The lowest BCUT2D eigenvalue weighted by Gasteiger charge is -2.22. The van der Waals surface area contributed by atoms with Gasteiger partial charge in [0.25, 0.3) is 0 Å². The van der Waals surface area contributed by atoms with E-state index >= 15 is 0 Å². The Labute approximate surface area is 134 Å². The largest absolute Gasteiger partial charge is 0.383 e. The molecule has 0 saturated carbocycles. The predicted octanol–water partition coefficient (Wildman–Crippen LogP) is 1.47. The number of carbonyl (C=O) groups is 1. The second-order valence-electron chi connectivity index (χ2n) is 5.99. The molecule has 1 amide bonds. The van der Waals surface area contributed by atoms with Crippen LogP contribution in [0.25, 0.3) is 10.9 Å². The number of hydrogen-bond donors (Lipinski definition) is 3. The van der Waals surface area contributed by atoms with Crippen molar-refractivity contribution in [2.75, 3.05) is 6.54 Å². The van der Waals surface area contributed by atoms with Crippen LogP contribution in [-0.4, -0.2) is 32.3 Å². The molecular formula is C17H20N4O2. The van der Waals surface area contributed by atoms with E-state index in [9.17, 15) is 9.90 Å². The molecule has 0 aliphatic carbocycles. The average molecular weight is 312 g/mol. The normalized spacial score (nSPS) is 13.9. The molecule has 0 bridgehead atoms. The lowest BCUT2D eigenvalue weighted by molar-refractivity contribution is -0.121. The number of para-hydroxylation sites is 1. The zero-order chi connectivity index (χ0) is 16.4. The molecule has 6 nitrogen and oxygen atoms in total. The van der Waals surface area contributed by atoms with Crippen LogP contribution in [0, 0.1) is 0 Å². The highest BCUT2D eigenvalue weighted by molar-refractivity contribution is 5.88. The molecule has 1 atom stereocenters. The van der Waals surface area contributed by atoms with Gasteiger partial charge < -0.3 is 15.4 Å². The SMILES string of the molecule is Cn1cc(C(C)(O)CNC(=O)Cc2c[nH]c3ccccc23)cn1. The number of fused-ring (bicyclic) bond motifs is 1. The number of benzene rings is 1. The summed E-state index contributed by atoms with van der Waals surface area (Å²) in [5.74, 6) is -0.126. The van der Waals surface area contributed by atoms with Crippen molar-refractivity contribution in [1.29, 1.82) is 0 Å². The van der Waals surface area contributed by atoms with E-state index in [0.717, 1.165) is 16.5 Å². The zero-order valence-electron chi connectivity index (χ0n) is 13.2. The van der Waals surface area contributed by atoms with Gasteiger partial charge in [-0.3, -0.25) is 9.48 Å². The number of amides is 1. The second-order valence-corrected chi connectivity index (χ2v) is 5.99. The number of nitrogens with zero attached hydrogens (tertiary/aromatic N) is 2. The molecule has 3 rings (SSSR count). The monoisotopic (exact) mass is 312 g/mol. The topological polar surface area (TPSA) is 82.9 Å². The highest BCUT2D eigenvalue weighted by Crippen LogP contribution is 2.20. The molecule has 0 aliphatic rings. The smallest absolute Gasteiger partial charge is 0.224 e. The van der Waals surface area contributed by atoms with Gasteiger partial charge in [-0.15, -0.1) is 0 Å². The summed E-state index contributed by atoms with van der Waals surface area (Å²) < 4.78 is 1.62. The van der Waals surface area contributed by atoms with Crippen LogP contribution in [0.5, 0.6) is 0 Å². The summed E-state index contributed by atoms with van der Waals surface area (Å²) in [5, 5.41) is 18.4. The van der Waals surface area contributed by atoms with Crippen LogP contribution in [0.1, 0.15) is 18.1 Å². The van der Waals surface area contributed by atoms with E-state index < -0.39 is 5.60 Å². The van der Waals surface area contributed by atoms with E-state index in [0.29, 0.717) is 5.56 Å². The van der Waals surface area contributed by atoms with Crippen LogP contribution < -0.4 is 5.32 Å². The Kier molecular flexibility index (Phi) is 3.92. The summed E-state index contributed by atoms with van der Waals surface area (Å²) in [7, 11) is 1.79. The first-order valence-corrected chi connectivity index (χ1v) is 7.49. The van der Waals surface area contributed by atoms with Gasteiger partial charge in [0, 0.05) is 35.9 Å². The first kappa shape index (κ1) is 15.3. The second kappa shape index (κ2) is 5.89. The fraction of sp³-hybridized carbons (Fsp3) is 0.294. The molecule has 0 saturated heterocycles. The molecule has 2 heterocycles. The van der Waals surface area contributed by atoms with Crippen molar-refractivity contribution in [1.82, 2.24) is 20.1 Å². The van der Waals surface area contributed by atoms with Crippen molar-refractivity contribution >= 4 is 16.8 Å². The van der Waals surface area contributed by atoms with Gasteiger partial charge in [0.15, 0.2) is 0 Å². The van der Waals surface area contributed by atoms with Crippen LogP contribution in [-0.2, 0) is 23.9 Å². The third-order valence-corrected chi connectivity index (χ3v) is 3.98. The number of rotatable bonds is 5. The number of nitrogens with one attached hydrogen (secondary N) is 2. The van der Waals surface area contributed by atoms with E-state index in [4.69, 9.17) is 0 Å². The Hall–Kier alpha value is -2.60. The van der Waals surface area contributed by atoms with Gasteiger partial charge in [0.05, 0.1) is 19.2 Å². The van der Waals surface area contributed by atoms with E-state index in [1.54, 1.807) is 31.0 Å². The minimum absolute atomic E-state index is 0.126. The Morgan fingerprint density at radius 3 is 2.96 bits per heavy atom. The van der Waals surface area contributed by atoms with Crippen LogP contribution in [0.15, 0.2) is 42.9 Å². The Morgan fingerprint density at radius 2 is 2.22 bits per heavy atom. The van der Waals surface area contributed by atoms with Crippen LogP contribution in [0.3, 0.4) is 0 Å². The fourth-order valence-electron chi connectivity index (χ4n) is 2.59. The summed E-state index contributed by atoms with van der Waals surface area (Å²) in [4.78, 5) is 15.3. The molecule has 23 heavy (non-hydrogen) atoms. The third kappa shape index (κ3) is 3.27. The lowest BCUT2D eigenvalue weighted by Crippen LogP contribution is -2.39. The van der Waals surface area contributed by atoms with Gasteiger partial charge >= 0.3 is 0 Å². The molecule has 2 aromatic heterocycles. The maximum atomic E-state index is 12.2. The number of aromatic amines is 1. The van der Waals surface area contributed by atoms with Crippen molar-refractivity contribution in [2.45, 2.75) is 18.9 Å². The Morgan fingerprint density at radius 1 is 1.43 bits per heavy atom. The maximum Gasteiger partial charge on any atom is 0.224 e. The van der Waals surface area contributed by atoms with Crippen molar-refractivity contribution in [3.8, 4) is 0 Å². The number of carbonyl (C=O) groups excluding carboxylic acids is 1. The van der Waals surface area contributed by atoms with Gasteiger partial charge in [-0.1, -0.05) is 18.2 Å². The van der Waals surface area contributed by atoms with E-state index in [1.807, 2.05) is 30.5 Å². The number of aromatic nitrogens is 3. The first-order chi connectivity index (χ1) is 11.0. The summed E-state index contributed by atoms with van der Waals surface area (Å²) in [6.45, 7) is 1.80. The van der Waals surface area contributed by atoms with Gasteiger partial charge in [-0.2, -0.15) is 5.10 Å². The third-order valence-electron chi connectivity index (χ3n) is 3.98. The Bertz CT molecular complexity index is 832. The van der Waals surface area contributed by atoms with Crippen molar-refractivity contribution in [3.63, 3.8) is 0 Å². The maximum absolute atomic E-state index is 12.2. The van der Waals surface area contributed by atoms with Crippen molar-refractivity contribution < 1.29 is 9.90 Å². The first-order valence-electron chi connectivity index (χ1n) is 7.49. The lowest BCUT2D eigenvalue weighted by atomic mass is 9.99. The molecule has 120 valence electrons. The zero-order valence-corrected chi connectivity index (χ0v) is 13.2. The van der Waals surface area contributed by atoms with Crippen LogP contribution in [0.4, 0.5) is 0 Å². The molecule has 1 aromatic carbocycles. The number of aliphatic hydroxyl groups is 1. The predicted molar refractivity (Wildman–Crippen MR) is 87.8 cm³/mol. The number of aryl methyl sites for hydroxylation is 1. The number of hydrogen-bond acceptors (Lipinski definition) is 3. The quantitative estimate of drug-likeness (QED) is 0.667. The standard InChI is InChI=1S/C17H20N4O2/c1-17(23,13-9-20-21(2)10-13)11-19-16(22)7-12-8-18-15-6-4-3-5-14(12)15/h3-6,8-10,18,23H,7,11H2,1-2H3,(H,19,22). The van der Waals surface area contributed by atoms with E-state index in [-0.39, 0.29) is 18.9 Å². The summed E-state index contributed by atoms with van der Waals surface area (Å²) in [6, 6.07) is 7.86. The van der Waals surface area contributed by atoms with E-state index in [2.05, 4.69) is 15.4 Å². The average Bonchev–Trinajstić information content (AvgIpc) is 3.13. The molecule has 6 heteroatoms. The molecule has 0 spiro atoms. The highest BCUT2D eigenvalue weighted by Gasteiger charge is 2.25. The minimum Gasteiger partial charge on any atom is -0.383 e. The summed E-state index contributed by atoms with van der Waals surface area (Å²) in [6.07, 6.45) is 5.47. The summed E-state index contributed by atoms with van der Waals surface area (Å²) >= 11 is 0. The van der Waals surface area contributed by atoms with Crippen LogP contribution in [0.2, 0.25) is 0 Å². The number of H-pyrrole nitrogens is 1. The van der Waals surface area contributed by atoms with Gasteiger partial charge in [-0.25, -0.2) is 0 Å². The van der Waals surface area contributed by atoms with Crippen molar-refractivity contribution in [3.05, 3.63) is 54.0 Å². The molecule has 0 fully saturated rings. The molecule has 0 aliphatic heterocycles. The van der Waals surface area contributed by atoms with Crippen molar-refractivity contribution in [2.24, 2.45) is 7.05 Å². The molecule has 0 radical (unpaired) electrons. The molecule has 1 unspecified atom stereocenters. The Balaban J connectivity index is 1.63. The molecule has 3 aromatic rings. The van der Waals surface area contributed by atoms with Gasteiger partial charge in [0.2, 0.25) is 5.91 Å². The molecular weight excluding hydrogens is 292 g/mol. The van der Waals surface area contributed by atoms with Gasteiger partial charge in [0.1, 0.15) is 5.60 Å². The summed E-state index contributed by atoms with van der Waals surface area (Å²) in [5.41, 5.74) is 1.48. The van der Waals surface area contributed by atoms with Crippen LogP contribution >= 0.6 is 0 Å².